The van der Waals surface area contributed by atoms with Gasteiger partial charge in [-0.25, -0.2) is 0 Å². The van der Waals surface area contributed by atoms with Gasteiger partial charge >= 0.3 is 0 Å². The van der Waals surface area contributed by atoms with Gasteiger partial charge in [0.25, 0.3) is 0 Å². The molecule has 1 aromatic carbocycles. The Morgan fingerprint density at radius 1 is 1.30 bits per heavy atom. The average molecular weight is 289 g/mol. The molecular weight excluding hydrogens is 266 g/mol. The van der Waals surface area contributed by atoms with Crippen molar-refractivity contribution in [1.29, 1.82) is 0 Å². The minimum Gasteiger partial charge on any atom is -0.316 e. The molecule has 0 saturated heterocycles. The summed E-state index contributed by atoms with van der Waals surface area (Å²) in [5, 5.41) is 7.83. The van der Waals surface area contributed by atoms with Crippen LogP contribution in [0.5, 0.6) is 0 Å². The first-order valence-electron chi connectivity index (χ1n) is 6.95. The maximum Gasteiger partial charge on any atom is 0.0596 e. The minimum atomic E-state index is 0.453. The van der Waals surface area contributed by atoms with E-state index in [0.717, 1.165) is 17.9 Å². The SMILES string of the molecule is CNC(CSc1ccccc1C)Cc1cc(C)nn1C. The van der Waals surface area contributed by atoms with Gasteiger partial charge in [-0.15, -0.1) is 11.8 Å². The quantitative estimate of drug-likeness (QED) is 0.829. The molecule has 0 bridgehead atoms. The molecule has 0 aliphatic rings. The molecule has 1 atom stereocenters. The topological polar surface area (TPSA) is 29.9 Å². The molecule has 4 heteroatoms. The number of rotatable bonds is 6. The van der Waals surface area contributed by atoms with Crippen molar-refractivity contribution in [2.75, 3.05) is 12.8 Å². The molecule has 1 heterocycles. The monoisotopic (exact) mass is 289 g/mol. The number of hydrogen-bond acceptors (Lipinski definition) is 3. The van der Waals surface area contributed by atoms with Crippen LogP contribution in [0.25, 0.3) is 0 Å². The number of nitrogens with one attached hydrogen (secondary N) is 1. The predicted molar refractivity (Wildman–Crippen MR) is 86.4 cm³/mol. The molecule has 0 amide bonds. The van der Waals surface area contributed by atoms with E-state index in [1.54, 1.807) is 0 Å². The summed E-state index contributed by atoms with van der Waals surface area (Å²) in [5.41, 5.74) is 3.72. The molecule has 0 fully saturated rings. The van der Waals surface area contributed by atoms with Crippen molar-refractivity contribution >= 4 is 11.8 Å². The standard InChI is InChI=1S/C16H23N3S/c1-12-7-5-6-8-16(12)20-11-14(17-3)10-15-9-13(2)18-19(15)4/h5-9,14,17H,10-11H2,1-4H3. The highest BCUT2D eigenvalue weighted by atomic mass is 32.2. The molecule has 3 nitrogen and oxygen atoms in total. The van der Waals surface area contributed by atoms with Gasteiger partial charge in [-0.2, -0.15) is 5.10 Å². The molecular formula is C16H23N3S. The number of hydrogen-bond donors (Lipinski definition) is 1. The van der Waals surface area contributed by atoms with E-state index in [0.29, 0.717) is 6.04 Å². The Labute approximate surface area is 125 Å². The first kappa shape index (κ1) is 15.1. The molecule has 0 spiro atoms. The fourth-order valence-corrected chi connectivity index (χ4v) is 3.40. The molecule has 1 aromatic heterocycles. The summed E-state index contributed by atoms with van der Waals surface area (Å²) in [6, 6.07) is 11.2. The van der Waals surface area contributed by atoms with Gasteiger partial charge < -0.3 is 5.32 Å². The van der Waals surface area contributed by atoms with Crippen molar-refractivity contribution in [3.05, 3.63) is 47.3 Å². The van der Waals surface area contributed by atoms with Gasteiger partial charge in [-0.05, 0) is 38.6 Å². The second-order valence-electron chi connectivity index (χ2n) is 5.17. The third-order valence-corrected chi connectivity index (χ3v) is 4.83. The van der Waals surface area contributed by atoms with E-state index in [1.807, 2.05) is 37.5 Å². The summed E-state index contributed by atoms with van der Waals surface area (Å²) in [7, 11) is 4.05. The summed E-state index contributed by atoms with van der Waals surface area (Å²) < 4.78 is 1.98. The Morgan fingerprint density at radius 3 is 2.65 bits per heavy atom. The second kappa shape index (κ2) is 6.95. The minimum absolute atomic E-state index is 0.453. The summed E-state index contributed by atoms with van der Waals surface area (Å²) in [5.74, 6) is 1.06. The van der Waals surface area contributed by atoms with Gasteiger partial charge in [0.2, 0.25) is 0 Å². The lowest BCUT2D eigenvalue weighted by Crippen LogP contribution is -2.30. The maximum absolute atomic E-state index is 4.41. The zero-order valence-corrected chi connectivity index (χ0v) is 13.5. The van der Waals surface area contributed by atoms with E-state index in [2.05, 4.69) is 47.7 Å². The Kier molecular flexibility index (Phi) is 5.26. The molecule has 108 valence electrons. The Bertz CT molecular complexity index is 563. The van der Waals surface area contributed by atoms with Crippen LogP contribution in [0.1, 0.15) is 17.0 Å². The van der Waals surface area contributed by atoms with Gasteiger partial charge in [0.1, 0.15) is 0 Å². The largest absolute Gasteiger partial charge is 0.316 e. The van der Waals surface area contributed by atoms with Gasteiger partial charge in [-0.1, -0.05) is 18.2 Å². The Morgan fingerprint density at radius 2 is 2.05 bits per heavy atom. The molecule has 20 heavy (non-hydrogen) atoms. The van der Waals surface area contributed by atoms with Crippen LogP contribution in [0.15, 0.2) is 35.2 Å². The van der Waals surface area contributed by atoms with Crippen molar-refractivity contribution < 1.29 is 0 Å². The zero-order chi connectivity index (χ0) is 14.5. The summed E-state index contributed by atoms with van der Waals surface area (Å²) in [6.07, 6.45) is 1.01. The van der Waals surface area contributed by atoms with Crippen molar-refractivity contribution in [2.45, 2.75) is 31.2 Å². The number of benzene rings is 1. The summed E-state index contributed by atoms with van der Waals surface area (Å²) >= 11 is 1.92. The van der Waals surface area contributed by atoms with Gasteiger partial charge in [0.05, 0.1) is 5.69 Å². The number of aromatic nitrogens is 2. The van der Waals surface area contributed by atoms with Crippen molar-refractivity contribution in [2.24, 2.45) is 7.05 Å². The highest BCUT2D eigenvalue weighted by Crippen LogP contribution is 2.23. The van der Waals surface area contributed by atoms with Crippen LogP contribution in [-0.4, -0.2) is 28.6 Å². The normalized spacial score (nSPS) is 12.6. The smallest absolute Gasteiger partial charge is 0.0596 e. The zero-order valence-electron chi connectivity index (χ0n) is 12.7. The highest BCUT2D eigenvalue weighted by molar-refractivity contribution is 7.99. The molecule has 2 rings (SSSR count). The van der Waals surface area contributed by atoms with Crippen molar-refractivity contribution in [3.8, 4) is 0 Å². The fraction of sp³-hybridized carbons (Fsp3) is 0.438. The van der Waals surface area contributed by atoms with Gasteiger partial charge in [0.15, 0.2) is 0 Å². The van der Waals surface area contributed by atoms with Crippen LogP contribution in [0.2, 0.25) is 0 Å². The fourth-order valence-electron chi connectivity index (χ4n) is 2.26. The van der Waals surface area contributed by atoms with E-state index in [-0.39, 0.29) is 0 Å². The first-order chi connectivity index (χ1) is 9.60. The third kappa shape index (κ3) is 3.87. The third-order valence-electron chi connectivity index (χ3n) is 3.50. The van der Waals surface area contributed by atoms with Crippen LogP contribution >= 0.6 is 11.8 Å². The van der Waals surface area contributed by atoms with Gasteiger partial charge in [0, 0.05) is 35.9 Å². The van der Waals surface area contributed by atoms with Crippen LogP contribution in [0.3, 0.4) is 0 Å². The summed E-state index contributed by atoms with van der Waals surface area (Å²) in [4.78, 5) is 1.37. The molecule has 2 aromatic rings. The van der Waals surface area contributed by atoms with E-state index < -0.39 is 0 Å². The lowest BCUT2D eigenvalue weighted by Gasteiger charge is -2.16. The predicted octanol–water partition coefficient (Wildman–Crippen LogP) is 2.96. The molecule has 0 aliphatic carbocycles. The first-order valence-corrected chi connectivity index (χ1v) is 7.94. The molecule has 0 aliphatic heterocycles. The number of thioether (sulfide) groups is 1. The van der Waals surface area contributed by atoms with E-state index >= 15 is 0 Å². The average Bonchev–Trinajstić information content (AvgIpc) is 2.74. The second-order valence-corrected chi connectivity index (χ2v) is 6.23. The molecule has 0 saturated carbocycles. The summed E-state index contributed by atoms with van der Waals surface area (Å²) in [6.45, 7) is 4.21. The molecule has 1 N–H and O–H groups in total. The van der Waals surface area contributed by atoms with Gasteiger partial charge in [-0.3, -0.25) is 4.68 Å². The van der Waals surface area contributed by atoms with Crippen LogP contribution in [-0.2, 0) is 13.5 Å². The lowest BCUT2D eigenvalue weighted by molar-refractivity contribution is 0.582. The Balaban J connectivity index is 1.96. The number of nitrogens with zero attached hydrogens (tertiary/aromatic N) is 2. The van der Waals surface area contributed by atoms with E-state index in [9.17, 15) is 0 Å². The Hall–Kier alpha value is -1.26. The lowest BCUT2D eigenvalue weighted by atomic mass is 10.2. The molecule has 1 unspecified atom stereocenters. The number of aryl methyl sites for hydroxylation is 3. The van der Waals surface area contributed by atoms with Crippen LogP contribution in [0, 0.1) is 13.8 Å². The van der Waals surface area contributed by atoms with Crippen LogP contribution in [0.4, 0.5) is 0 Å². The van der Waals surface area contributed by atoms with E-state index in [1.165, 1.54) is 16.2 Å². The maximum atomic E-state index is 4.41. The van der Waals surface area contributed by atoms with Crippen molar-refractivity contribution in [1.82, 2.24) is 15.1 Å². The van der Waals surface area contributed by atoms with Crippen LogP contribution < -0.4 is 5.32 Å². The van der Waals surface area contributed by atoms with E-state index in [4.69, 9.17) is 0 Å². The van der Waals surface area contributed by atoms with Crippen molar-refractivity contribution in [3.63, 3.8) is 0 Å². The number of likely N-dealkylation sites (N-methyl/N-ethyl adjacent to an activating group) is 1. The molecule has 0 radical (unpaired) electrons. The highest BCUT2D eigenvalue weighted by Gasteiger charge is 2.12.